The Kier molecular flexibility index (Phi) is 2.75. The summed E-state index contributed by atoms with van der Waals surface area (Å²) in [6, 6.07) is 9.63. The van der Waals surface area contributed by atoms with Crippen LogP contribution in [0.2, 0.25) is 0 Å². The molecular weight excluding hydrogens is 224 g/mol. The first-order valence-corrected chi connectivity index (χ1v) is 4.81. The number of aromatic hydroxyl groups is 1. The first kappa shape index (κ1) is 11.1. The molecule has 0 aliphatic heterocycles. The van der Waals surface area contributed by atoms with E-state index < -0.39 is 17.4 Å². The van der Waals surface area contributed by atoms with E-state index in [1.165, 1.54) is 24.3 Å². The predicted octanol–water partition coefficient (Wildman–Crippen LogP) is 3.21. The number of halogens is 2. The number of phenolic OH excluding ortho intramolecular Hbond substituents is 1. The standard InChI is InChI=1S/C13H7F2NO/c14-10-5-6-11(17)13(15)12(10)9-3-1-8(7-16)2-4-9/h1-6,17H. The van der Waals surface area contributed by atoms with Gasteiger partial charge < -0.3 is 5.11 Å². The summed E-state index contributed by atoms with van der Waals surface area (Å²) in [5.41, 5.74) is 0.374. The Labute approximate surface area is 96.4 Å². The Morgan fingerprint density at radius 1 is 1.00 bits per heavy atom. The Morgan fingerprint density at radius 3 is 2.24 bits per heavy atom. The van der Waals surface area contributed by atoms with Crippen molar-refractivity contribution >= 4 is 0 Å². The molecule has 0 aliphatic rings. The van der Waals surface area contributed by atoms with E-state index >= 15 is 0 Å². The third-order valence-corrected chi connectivity index (χ3v) is 2.37. The van der Waals surface area contributed by atoms with Gasteiger partial charge in [0.2, 0.25) is 0 Å². The van der Waals surface area contributed by atoms with Gasteiger partial charge in [-0.3, -0.25) is 0 Å². The van der Waals surface area contributed by atoms with Crippen LogP contribution in [0.25, 0.3) is 11.1 Å². The molecule has 0 bridgehead atoms. The van der Waals surface area contributed by atoms with E-state index in [0.717, 1.165) is 12.1 Å². The van der Waals surface area contributed by atoms with Gasteiger partial charge in [-0.15, -0.1) is 0 Å². The molecule has 0 atom stereocenters. The number of rotatable bonds is 1. The highest BCUT2D eigenvalue weighted by molar-refractivity contribution is 5.67. The molecule has 0 aromatic heterocycles. The summed E-state index contributed by atoms with van der Waals surface area (Å²) in [6.07, 6.45) is 0. The van der Waals surface area contributed by atoms with Crippen molar-refractivity contribution < 1.29 is 13.9 Å². The molecule has 0 heterocycles. The zero-order chi connectivity index (χ0) is 12.4. The molecular formula is C13H7F2NO. The van der Waals surface area contributed by atoms with Crippen LogP contribution >= 0.6 is 0 Å². The second-order valence-corrected chi connectivity index (χ2v) is 3.44. The van der Waals surface area contributed by atoms with Crippen LogP contribution < -0.4 is 0 Å². The summed E-state index contributed by atoms with van der Waals surface area (Å²) in [7, 11) is 0. The predicted molar refractivity (Wildman–Crippen MR) is 58.2 cm³/mol. The maximum Gasteiger partial charge on any atom is 0.175 e. The molecule has 2 nitrogen and oxygen atoms in total. The third-order valence-electron chi connectivity index (χ3n) is 2.37. The van der Waals surface area contributed by atoms with Crippen LogP contribution in [-0.2, 0) is 0 Å². The molecule has 0 aliphatic carbocycles. The number of hydrogen-bond donors (Lipinski definition) is 1. The van der Waals surface area contributed by atoms with E-state index in [0.29, 0.717) is 5.56 Å². The van der Waals surface area contributed by atoms with Crippen molar-refractivity contribution in [3.05, 3.63) is 53.6 Å². The largest absolute Gasteiger partial charge is 0.505 e. The average Bonchev–Trinajstić information content (AvgIpc) is 2.35. The first-order valence-electron chi connectivity index (χ1n) is 4.81. The summed E-state index contributed by atoms with van der Waals surface area (Å²) in [4.78, 5) is 0. The van der Waals surface area contributed by atoms with E-state index in [1.54, 1.807) is 0 Å². The van der Waals surface area contributed by atoms with Crippen LogP contribution in [0.4, 0.5) is 8.78 Å². The minimum absolute atomic E-state index is 0.273. The van der Waals surface area contributed by atoms with Crippen molar-refractivity contribution in [1.29, 1.82) is 5.26 Å². The molecule has 0 unspecified atom stereocenters. The minimum atomic E-state index is -1.00. The van der Waals surface area contributed by atoms with Crippen LogP contribution in [0.5, 0.6) is 5.75 Å². The zero-order valence-electron chi connectivity index (χ0n) is 8.61. The van der Waals surface area contributed by atoms with Gasteiger partial charge >= 0.3 is 0 Å². The van der Waals surface area contributed by atoms with Gasteiger partial charge in [-0.05, 0) is 29.8 Å². The Hall–Kier alpha value is -2.41. The molecule has 0 saturated carbocycles. The monoisotopic (exact) mass is 231 g/mol. The number of phenols is 1. The van der Waals surface area contributed by atoms with E-state index in [-0.39, 0.29) is 11.1 Å². The second kappa shape index (κ2) is 4.22. The lowest BCUT2D eigenvalue weighted by molar-refractivity contribution is 0.429. The molecule has 84 valence electrons. The van der Waals surface area contributed by atoms with Crippen LogP contribution in [0.1, 0.15) is 5.56 Å². The molecule has 17 heavy (non-hydrogen) atoms. The Balaban J connectivity index is 2.60. The zero-order valence-corrected chi connectivity index (χ0v) is 8.61. The van der Waals surface area contributed by atoms with Crippen molar-refractivity contribution in [2.24, 2.45) is 0 Å². The smallest absolute Gasteiger partial charge is 0.175 e. The lowest BCUT2D eigenvalue weighted by Crippen LogP contribution is -1.90. The topological polar surface area (TPSA) is 44.0 Å². The van der Waals surface area contributed by atoms with Crippen molar-refractivity contribution in [2.45, 2.75) is 0 Å². The van der Waals surface area contributed by atoms with Crippen LogP contribution in [0.15, 0.2) is 36.4 Å². The molecule has 0 spiro atoms. The number of nitriles is 1. The molecule has 2 rings (SSSR count). The first-order chi connectivity index (χ1) is 8.13. The highest BCUT2D eigenvalue weighted by Crippen LogP contribution is 2.31. The second-order valence-electron chi connectivity index (χ2n) is 3.44. The lowest BCUT2D eigenvalue weighted by atomic mass is 10.0. The van der Waals surface area contributed by atoms with Crippen LogP contribution in [0.3, 0.4) is 0 Å². The molecule has 0 saturated heterocycles. The van der Waals surface area contributed by atoms with Crippen molar-refractivity contribution in [3.63, 3.8) is 0 Å². The van der Waals surface area contributed by atoms with Gasteiger partial charge in [-0.1, -0.05) is 12.1 Å². The SMILES string of the molecule is N#Cc1ccc(-c2c(F)ccc(O)c2F)cc1. The van der Waals surface area contributed by atoms with Crippen molar-refractivity contribution in [1.82, 2.24) is 0 Å². The van der Waals surface area contributed by atoms with Gasteiger partial charge in [-0.2, -0.15) is 5.26 Å². The number of nitrogens with zero attached hydrogens (tertiary/aromatic N) is 1. The molecule has 4 heteroatoms. The molecule has 0 amide bonds. The van der Waals surface area contributed by atoms with Crippen molar-refractivity contribution in [2.75, 3.05) is 0 Å². The molecule has 0 fully saturated rings. The highest BCUT2D eigenvalue weighted by Gasteiger charge is 2.14. The highest BCUT2D eigenvalue weighted by atomic mass is 19.1. The van der Waals surface area contributed by atoms with E-state index in [1.807, 2.05) is 6.07 Å². The summed E-state index contributed by atoms with van der Waals surface area (Å²) in [6.45, 7) is 0. The summed E-state index contributed by atoms with van der Waals surface area (Å²) in [5.74, 6) is -2.37. The van der Waals surface area contributed by atoms with Crippen LogP contribution in [0, 0.1) is 23.0 Å². The number of hydrogen-bond acceptors (Lipinski definition) is 2. The van der Waals surface area contributed by atoms with Gasteiger partial charge in [-0.25, -0.2) is 8.78 Å². The quantitative estimate of drug-likeness (QED) is 0.818. The Morgan fingerprint density at radius 2 is 1.65 bits per heavy atom. The summed E-state index contributed by atoms with van der Waals surface area (Å²) in [5, 5.41) is 17.8. The van der Waals surface area contributed by atoms with Gasteiger partial charge in [0.25, 0.3) is 0 Å². The third kappa shape index (κ3) is 1.95. The average molecular weight is 231 g/mol. The molecule has 1 N–H and O–H groups in total. The maximum atomic E-state index is 13.6. The minimum Gasteiger partial charge on any atom is -0.505 e. The fourth-order valence-electron chi connectivity index (χ4n) is 1.52. The Bertz CT molecular complexity index is 600. The lowest BCUT2D eigenvalue weighted by Gasteiger charge is -2.06. The fourth-order valence-corrected chi connectivity index (χ4v) is 1.52. The van der Waals surface area contributed by atoms with E-state index in [4.69, 9.17) is 5.26 Å². The molecule has 2 aromatic rings. The fraction of sp³-hybridized carbons (Fsp3) is 0. The number of benzene rings is 2. The van der Waals surface area contributed by atoms with Gasteiger partial charge in [0.05, 0.1) is 17.2 Å². The van der Waals surface area contributed by atoms with Gasteiger partial charge in [0, 0.05) is 0 Å². The van der Waals surface area contributed by atoms with Crippen molar-refractivity contribution in [3.8, 4) is 22.9 Å². The van der Waals surface area contributed by atoms with Gasteiger partial charge in [0.1, 0.15) is 5.82 Å². The molecule has 0 radical (unpaired) electrons. The van der Waals surface area contributed by atoms with E-state index in [2.05, 4.69) is 0 Å². The summed E-state index contributed by atoms with van der Waals surface area (Å²) < 4.78 is 27.1. The summed E-state index contributed by atoms with van der Waals surface area (Å²) >= 11 is 0. The van der Waals surface area contributed by atoms with Gasteiger partial charge in [0.15, 0.2) is 11.6 Å². The van der Waals surface area contributed by atoms with Crippen LogP contribution in [-0.4, -0.2) is 5.11 Å². The maximum absolute atomic E-state index is 13.6. The van der Waals surface area contributed by atoms with E-state index in [9.17, 15) is 13.9 Å². The normalized spacial score (nSPS) is 9.94. The molecule has 2 aromatic carbocycles.